The summed E-state index contributed by atoms with van der Waals surface area (Å²) in [7, 11) is 0. The van der Waals surface area contributed by atoms with Gasteiger partial charge in [-0.3, -0.25) is 14.9 Å². The van der Waals surface area contributed by atoms with Crippen molar-refractivity contribution in [2.24, 2.45) is 0 Å². The first-order valence-corrected chi connectivity index (χ1v) is 5.84. The molecule has 1 aromatic heterocycles. The first-order chi connectivity index (χ1) is 9.54. The van der Waals surface area contributed by atoms with Crippen LogP contribution in [0.5, 0.6) is 0 Å². The summed E-state index contributed by atoms with van der Waals surface area (Å²) in [5.74, 6) is -0.452. The van der Waals surface area contributed by atoms with Crippen molar-refractivity contribution in [3.05, 3.63) is 63.9 Å². The fourth-order valence-corrected chi connectivity index (χ4v) is 1.51. The van der Waals surface area contributed by atoms with Gasteiger partial charge in [-0.2, -0.15) is 0 Å². The minimum atomic E-state index is -0.635. The minimum Gasteiger partial charge on any atom is -0.401 e. The number of carbonyl (C=O) groups excluding carboxylic acids is 1. The maximum Gasteiger partial charge on any atom is 0.433 e. The molecule has 6 heteroatoms. The molecule has 0 aliphatic heterocycles. The molecule has 0 saturated heterocycles. The molecule has 1 heterocycles. The molecule has 102 valence electrons. The van der Waals surface area contributed by atoms with Crippen molar-refractivity contribution in [1.82, 2.24) is 0 Å². The van der Waals surface area contributed by atoms with Crippen LogP contribution in [0.25, 0.3) is 6.08 Å². The Labute approximate surface area is 114 Å². The second kappa shape index (κ2) is 5.83. The number of carbonyl (C=O) groups is 1. The van der Waals surface area contributed by atoms with Gasteiger partial charge in [0.25, 0.3) is 0 Å². The van der Waals surface area contributed by atoms with Gasteiger partial charge in [0, 0.05) is 11.8 Å². The highest BCUT2D eigenvalue weighted by Gasteiger charge is 2.10. The third-order valence-electron chi connectivity index (χ3n) is 2.51. The molecule has 1 N–H and O–H groups in total. The molecule has 2 aromatic rings. The predicted octanol–water partition coefficient (Wildman–Crippen LogP) is 3.15. The molecule has 0 saturated carbocycles. The molecule has 0 aliphatic rings. The fourth-order valence-electron chi connectivity index (χ4n) is 1.51. The van der Waals surface area contributed by atoms with Crippen molar-refractivity contribution in [1.29, 1.82) is 0 Å². The van der Waals surface area contributed by atoms with Crippen molar-refractivity contribution in [3.63, 3.8) is 0 Å². The standard InChI is InChI=1S/C14H12N2O4/c1-10-2-4-11(5-3-10)15-13(17)8-6-12-7-9-14(20-12)16(18)19/h2-9H,1H3,(H,15,17). The topological polar surface area (TPSA) is 85.4 Å². The minimum absolute atomic E-state index is 0.246. The lowest BCUT2D eigenvalue weighted by atomic mass is 10.2. The molecule has 20 heavy (non-hydrogen) atoms. The molecule has 0 unspecified atom stereocenters. The van der Waals surface area contributed by atoms with E-state index in [9.17, 15) is 14.9 Å². The van der Waals surface area contributed by atoms with Gasteiger partial charge in [0.2, 0.25) is 5.91 Å². The smallest absolute Gasteiger partial charge is 0.401 e. The van der Waals surface area contributed by atoms with E-state index in [1.165, 1.54) is 24.3 Å². The zero-order chi connectivity index (χ0) is 14.5. The molecule has 6 nitrogen and oxygen atoms in total. The number of amides is 1. The maximum atomic E-state index is 11.6. The maximum absolute atomic E-state index is 11.6. The monoisotopic (exact) mass is 272 g/mol. The number of nitro groups is 1. The fraction of sp³-hybridized carbons (Fsp3) is 0.0714. The number of anilines is 1. The summed E-state index contributed by atoms with van der Waals surface area (Å²) in [4.78, 5) is 21.4. The van der Waals surface area contributed by atoms with Crippen LogP contribution in [0.4, 0.5) is 11.6 Å². The van der Waals surface area contributed by atoms with Crippen molar-refractivity contribution in [2.75, 3.05) is 5.32 Å². The van der Waals surface area contributed by atoms with Crippen LogP contribution in [0.1, 0.15) is 11.3 Å². The van der Waals surface area contributed by atoms with Crippen LogP contribution in [-0.4, -0.2) is 10.8 Å². The lowest BCUT2D eigenvalue weighted by Crippen LogP contribution is -2.07. The average Bonchev–Trinajstić information content (AvgIpc) is 2.88. The molecule has 1 aromatic carbocycles. The van der Waals surface area contributed by atoms with E-state index in [4.69, 9.17) is 4.42 Å². The summed E-state index contributed by atoms with van der Waals surface area (Å²) in [6.07, 6.45) is 2.62. The van der Waals surface area contributed by atoms with Gasteiger partial charge in [0.05, 0.1) is 6.07 Å². The number of furan rings is 1. The Morgan fingerprint density at radius 1 is 1.25 bits per heavy atom. The molecule has 0 bridgehead atoms. The molecular weight excluding hydrogens is 260 g/mol. The van der Waals surface area contributed by atoms with Gasteiger partial charge in [-0.05, 0) is 31.2 Å². The predicted molar refractivity (Wildman–Crippen MR) is 74.2 cm³/mol. The number of hydrogen-bond acceptors (Lipinski definition) is 4. The van der Waals surface area contributed by atoms with Crippen LogP contribution in [0.15, 0.2) is 46.9 Å². The summed E-state index contributed by atoms with van der Waals surface area (Å²) in [6, 6.07) is 10.0. The number of hydrogen-bond donors (Lipinski definition) is 1. The van der Waals surface area contributed by atoms with E-state index >= 15 is 0 Å². The summed E-state index contributed by atoms with van der Waals surface area (Å²) >= 11 is 0. The number of benzene rings is 1. The van der Waals surface area contributed by atoms with Gasteiger partial charge in [0.1, 0.15) is 10.7 Å². The van der Waals surface area contributed by atoms with E-state index in [-0.39, 0.29) is 17.6 Å². The molecule has 0 radical (unpaired) electrons. The Morgan fingerprint density at radius 3 is 2.55 bits per heavy atom. The number of rotatable bonds is 4. The van der Waals surface area contributed by atoms with Gasteiger partial charge >= 0.3 is 5.88 Å². The summed E-state index contributed by atoms with van der Waals surface area (Å²) in [5, 5.41) is 13.1. The van der Waals surface area contributed by atoms with E-state index in [0.717, 1.165) is 5.56 Å². The average molecular weight is 272 g/mol. The van der Waals surface area contributed by atoms with E-state index in [2.05, 4.69) is 5.32 Å². The molecule has 0 fully saturated rings. The lowest BCUT2D eigenvalue weighted by molar-refractivity contribution is -0.402. The number of aryl methyl sites for hydroxylation is 1. The SMILES string of the molecule is Cc1ccc(NC(=O)C=Cc2ccc([N+](=O)[O-])o2)cc1. The Balaban J connectivity index is 1.98. The second-order valence-corrected chi connectivity index (χ2v) is 4.12. The van der Waals surface area contributed by atoms with Crippen molar-refractivity contribution < 1.29 is 14.1 Å². The zero-order valence-electron chi connectivity index (χ0n) is 10.7. The molecule has 1 amide bonds. The Kier molecular flexibility index (Phi) is 3.95. The van der Waals surface area contributed by atoms with Crippen molar-refractivity contribution >= 4 is 23.6 Å². The Bertz CT molecular complexity index is 656. The van der Waals surface area contributed by atoms with E-state index in [1.54, 1.807) is 12.1 Å². The lowest BCUT2D eigenvalue weighted by Gasteiger charge is -2.01. The van der Waals surface area contributed by atoms with Gasteiger partial charge in [0.15, 0.2) is 0 Å². The molecule has 0 atom stereocenters. The number of nitrogens with zero attached hydrogens (tertiary/aromatic N) is 1. The second-order valence-electron chi connectivity index (χ2n) is 4.12. The first-order valence-electron chi connectivity index (χ1n) is 5.84. The summed E-state index contributed by atoms with van der Waals surface area (Å²) in [5.41, 5.74) is 1.78. The third kappa shape index (κ3) is 3.55. The van der Waals surface area contributed by atoms with Gasteiger partial charge < -0.3 is 9.73 Å². The van der Waals surface area contributed by atoms with Gasteiger partial charge in [-0.1, -0.05) is 17.7 Å². The highest BCUT2D eigenvalue weighted by molar-refractivity contribution is 6.01. The van der Waals surface area contributed by atoms with Gasteiger partial charge in [-0.15, -0.1) is 0 Å². The molecular formula is C14H12N2O4. The summed E-state index contributed by atoms with van der Waals surface area (Å²) < 4.78 is 4.90. The highest BCUT2D eigenvalue weighted by atomic mass is 16.6. The molecule has 2 rings (SSSR count). The Hall–Kier alpha value is -2.89. The quantitative estimate of drug-likeness (QED) is 0.526. The van der Waals surface area contributed by atoms with Crippen LogP contribution in [0.2, 0.25) is 0 Å². The zero-order valence-corrected chi connectivity index (χ0v) is 10.7. The van der Waals surface area contributed by atoms with Crippen molar-refractivity contribution in [3.8, 4) is 0 Å². The van der Waals surface area contributed by atoms with Crippen LogP contribution in [0.3, 0.4) is 0 Å². The van der Waals surface area contributed by atoms with E-state index < -0.39 is 4.92 Å². The number of nitrogens with one attached hydrogen (secondary N) is 1. The Morgan fingerprint density at radius 2 is 1.95 bits per heavy atom. The van der Waals surface area contributed by atoms with E-state index in [0.29, 0.717) is 5.69 Å². The molecule has 0 aliphatic carbocycles. The van der Waals surface area contributed by atoms with Crippen LogP contribution < -0.4 is 5.32 Å². The van der Waals surface area contributed by atoms with E-state index in [1.807, 2.05) is 19.1 Å². The van der Waals surface area contributed by atoms with Crippen LogP contribution in [-0.2, 0) is 4.79 Å². The van der Waals surface area contributed by atoms with Gasteiger partial charge in [-0.25, -0.2) is 0 Å². The van der Waals surface area contributed by atoms with Crippen molar-refractivity contribution in [2.45, 2.75) is 6.92 Å². The summed E-state index contributed by atoms with van der Waals surface area (Å²) in [6.45, 7) is 1.95. The highest BCUT2D eigenvalue weighted by Crippen LogP contribution is 2.16. The normalized spacial score (nSPS) is 10.7. The third-order valence-corrected chi connectivity index (χ3v) is 2.51. The molecule has 0 spiro atoms. The van der Waals surface area contributed by atoms with Crippen LogP contribution in [0, 0.1) is 17.0 Å². The largest absolute Gasteiger partial charge is 0.433 e. The van der Waals surface area contributed by atoms with Crippen LogP contribution >= 0.6 is 0 Å². The first kappa shape index (κ1) is 13.5.